The number of hydrogen-bond acceptors (Lipinski definition) is 4. The zero-order valence-electron chi connectivity index (χ0n) is 15.6. The fourth-order valence-electron chi connectivity index (χ4n) is 4.06. The number of hydrogen-bond donors (Lipinski definition) is 1. The average Bonchev–Trinajstić information content (AvgIpc) is 2.57. The van der Waals surface area contributed by atoms with Gasteiger partial charge >= 0.3 is 0 Å². The van der Waals surface area contributed by atoms with E-state index in [4.69, 9.17) is 4.74 Å². The number of ether oxygens (including phenoxy) is 1. The summed E-state index contributed by atoms with van der Waals surface area (Å²) < 4.78 is 5.21. The van der Waals surface area contributed by atoms with Crippen LogP contribution >= 0.6 is 0 Å². The molecule has 138 valence electrons. The molecule has 0 radical (unpaired) electrons. The highest BCUT2D eigenvalue weighted by atomic mass is 16.5. The van der Waals surface area contributed by atoms with Gasteiger partial charge < -0.3 is 14.7 Å². The molecule has 0 aromatic heterocycles. The van der Waals surface area contributed by atoms with Crippen LogP contribution in [0.25, 0.3) is 0 Å². The van der Waals surface area contributed by atoms with E-state index in [-0.39, 0.29) is 11.3 Å². The van der Waals surface area contributed by atoms with E-state index in [0.29, 0.717) is 32.7 Å². The summed E-state index contributed by atoms with van der Waals surface area (Å²) in [5, 5.41) is 10.9. The first-order valence-corrected chi connectivity index (χ1v) is 9.13. The van der Waals surface area contributed by atoms with Crippen LogP contribution < -0.4 is 0 Å². The summed E-state index contributed by atoms with van der Waals surface area (Å²) in [6.07, 6.45) is 1.56. The summed E-state index contributed by atoms with van der Waals surface area (Å²) >= 11 is 0. The molecule has 1 aromatic rings. The van der Waals surface area contributed by atoms with Gasteiger partial charge in [-0.15, -0.1) is 0 Å². The van der Waals surface area contributed by atoms with Gasteiger partial charge in [-0.1, -0.05) is 38.1 Å². The molecule has 1 N–H and O–H groups in total. The van der Waals surface area contributed by atoms with E-state index in [1.54, 1.807) is 7.11 Å². The van der Waals surface area contributed by atoms with Gasteiger partial charge in [0.1, 0.15) is 0 Å². The minimum atomic E-state index is -0.872. The van der Waals surface area contributed by atoms with E-state index >= 15 is 0 Å². The maximum Gasteiger partial charge on any atom is 0.236 e. The molecule has 1 aromatic carbocycles. The van der Waals surface area contributed by atoms with Crippen LogP contribution in [0.4, 0.5) is 0 Å². The number of nitrogens with zero attached hydrogens (tertiary/aromatic N) is 2. The van der Waals surface area contributed by atoms with Crippen LogP contribution in [0.15, 0.2) is 24.3 Å². The van der Waals surface area contributed by atoms with Crippen molar-refractivity contribution in [2.24, 2.45) is 5.41 Å². The van der Waals surface area contributed by atoms with Crippen LogP contribution in [0.2, 0.25) is 0 Å². The number of amides is 1. The highest BCUT2D eigenvalue weighted by Crippen LogP contribution is 2.38. The zero-order valence-corrected chi connectivity index (χ0v) is 15.6. The Morgan fingerprint density at radius 1 is 1.24 bits per heavy atom. The van der Waals surface area contributed by atoms with Gasteiger partial charge in [0.2, 0.25) is 5.91 Å². The fraction of sp³-hybridized carbons (Fsp3) is 0.650. The molecule has 3 rings (SSSR count). The second-order valence-electron chi connectivity index (χ2n) is 8.14. The van der Waals surface area contributed by atoms with Crippen molar-refractivity contribution >= 4 is 5.91 Å². The number of aliphatic hydroxyl groups is 1. The Hall–Kier alpha value is -1.43. The maximum absolute atomic E-state index is 12.8. The standard InChI is InChI=1S/C20H30N2O3/c1-19(2)14-22(11-9-20(19,24)15-25-3)18(23)13-21-10-8-16-6-4-5-7-17(16)12-21/h4-7,24H,8-15H2,1-3H3/t20-/m1/s1. The lowest BCUT2D eigenvalue weighted by Gasteiger charge is -2.50. The number of rotatable bonds is 4. The van der Waals surface area contributed by atoms with Crippen LogP contribution in [0.5, 0.6) is 0 Å². The van der Waals surface area contributed by atoms with Crippen LogP contribution in [-0.4, -0.2) is 66.3 Å². The number of carbonyl (C=O) groups is 1. The van der Waals surface area contributed by atoms with Crippen molar-refractivity contribution in [2.75, 3.05) is 39.9 Å². The molecule has 0 bridgehead atoms. The molecule has 25 heavy (non-hydrogen) atoms. The Morgan fingerprint density at radius 2 is 1.96 bits per heavy atom. The second-order valence-corrected chi connectivity index (χ2v) is 8.14. The number of piperidine rings is 1. The third kappa shape index (κ3) is 3.73. The molecule has 1 fully saturated rings. The van der Waals surface area contributed by atoms with Crippen LogP contribution in [0, 0.1) is 5.41 Å². The first kappa shape index (κ1) is 18.4. The summed E-state index contributed by atoms with van der Waals surface area (Å²) in [4.78, 5) is 16.9. The largest absolute Gasteiger partial charge is 0.387 e. The van der Waals surface area contributed by atoms with Gasteiger partial charge in [0.05, 0.1) is 18.8 Å². The Bertz CT molecular complexity index is 631. The van der Waals surface area contributed by atoms with Crippen LogP contribution in [0.1, 0.15) is 31.4 Å². The first-order valence-electron chi connectivity index (χ1n) is 9.13. The minimum Gasteiger partial charge on any atom is -0.387 e. The molecule has 5 nitrogen and oxygen atoms in total. The van der Waals surface area contributed by atoms with Crippen molar-refractivity contribution in [3.05, 3.63) is 35.4 Å². The fourth-order valence-corrected chi connectivity index (χ4v) is 4.06. The molecule has 0 spiro atoms. The zero-order chi connectivity index (χ0) is 18.1. The minimum absolute atomic E-state index is 0.159. The Morgan fingerprint density at radius 3 is 2.64 bits per heavy atom. The van der Waals surface area contributed by atoms with Gasteiger partial charge in [-0.3, -0.25) is 9.69 Å². The third-order valence-corrected chi connectivity index (χ3v) is 5.95. The summed E-state index contributed by atoms with van der Waals surface area (Å²) in [5.74, 6) is 0.159. The number of carbonyl (C=O) groups excluding carboxylic acids is 1. The van der Waals surface area contributed by atoms with Gasteiger partial charge in [-0.25, -0.2) is 0 Å². The number of methoxy groups -OCH3 is 1. The maximum atomic E-state index is 12.8. The Kier molecular flexibility index (Phi) is 5.19. The molecule has 2 aliphatic rings. The average molecular weight is 346 g/mol. The quantitative estimate of drug-likeness (QED) is 0.901. The smallest absolute Gasteiger partial charge is 0.236 e. The Balaban J connectivity index is 1.60. The SMILES string of the molecule is COC[C@]1(O)CCN(C(=O)CN2CCc3ccccc3C2)CC1(C)C. The molecule has 5 heteroatoms. The van der Waals surface area contributed by atoms with E-state index in [1.807, 2.05) is 18.7 Å². The number of fused-ring (bicyclic) bond motifs is 1. The molecular weight excluding hydrogens is 316 g/mol. The van der Waals surface area contributed by atoms with Crippen molar-refractivity contribution in [1.29, 1.82) is 0 Å². The lowest BCUT2D eigenvalue weighted by Crippen LogP contribution is -2.61. The van der Waals surface area contributed by atoms with Crippen molar-refractivity contribution in [1.82, 2.24) is 9.80 Å². The van der Waals surface area contributed by atoms with E-state index in [1.165, 1.54) is 11.1 Å². The van der Waals surface area contributed by atoms with E-state index in [2.05, 4.69) is 29.2 Å². The van der Waals surface area contributed by atoms with Crippen molar-refractivity contribution in [3.8, 4) is 0 Å². The molecule has 1 saturated heterocycles. The molecular formula is C20H30N2O3. The monoisotopic (exact) mass is 346 g/mol. The van der Waals surface area contributed by atoms with Crippen molar-refractivity contribution in [3.63, 3.8) is 0 Å². The van der Waals surface area contributed by atoms with Crippen LogP contribution in [0.3, 0.4) is 0 Å². The summed E-state index contributed by atoms with van der Waals surface area (Å²) in [6.45, 7) is 7.71. The van der Waals surface area contributed by atoms with E-state index < -0.39 is 5.60 Å². The molecule has 2 aliphatic heterocycles. The van der Waals surface area contributed by atoms with Gasteiger partial charge in [0.25, 0.3) is 0 Å². The second kappa shape index (κ2) is 7.06. The number of likely N-dealkylation sites (tertiary alicyclic amines) is 1. The van der Waals surface area contributed by atoms with Gasteiger partial charge in [-0.2, -0.15) is 0 Å². The first-order chi connectivity index (χ1) is 11.8. The van der Waals surface area contributed by atoms with Crippen molar-refractivity contribution < 1.29 is 14.6 Å². The normalized spacial score (nSPS) is 26.3. The topological polar surface area (TPSA) is 53.0 Å². The van der Waals surface area contributed by atoms with Crippen molar-refractivity contribution in [2.45, 2.75) is 38.8 Å². The summed E-state index contributed by atoms with van der Waals surface area (Å²) in [6, 6.07) is 8.48. The molecule has 0 aliphatic carbocycles. The lowest BCUT2D eigenvalue weighted by molar-refractivity contribution is -0.164. The summed E-state index contributed by atoms with van der Waals surface area (Å²) in [7, 11) is 1.61. The molecule has 2 heterocycles. The molecule has 0 unspecified atom stereocenters. The lowest BCUT2D eigenvalue weighted by atomic mass is 9.70. The summed E-state index contributed by atoms with van der Waals surface area (Å²) in [5.41, 5.74) is 1.47. The predicted octanol–water partition coefficient (Wildman–Crippen LogP) is 1.68. The van der Waals surface area contributed by atoms with Gasteiger partial charge in [0, 0.05) is 38.7 Å². The molecule has 1 amide bonds. The van der Waals surface area contributed by atoms with Crippen LogP contribution in [-0.2, 0) is 22.5 Å². The Labute approximate surface area is 150 Å². The van der Waals surface area contributed by atoms with E-state index in [0.717, 1.165) is 19.5 Å². The number of benzene rings is 1. The predicted molar refractivity (Wildman–Crippen MR) is 97.2 cm³/mol. The molecule has 0 saturated carbocycles. The highest BCUT2D eigenvalue weighted by molar-refractivity contribution is 5.78. The van der Waals surface area contributed by atoms with Gasteiger partial charge in [-0.05, 0) is 24.0 Å². The highest BCUT2D eigenvalue weighted by Gasteiger charge is 2.48. The van der Waals surface area contributed by atoms with E-state index in [9.17, 15) is 9.90 Å². The molecule has 1 atom stereocenters. The third-order valence-electron chi connectivity index (χ3n) is 5.95. The van der Waals surface area contributed by atoms with Gasteiger partial charge in [0.15, 0.2) is 0 Å².